The van der Waals surface area contributed by atoms with E-state index in [1.54, 1.807) is 6.92 Å². The Hall–Kier alpha value is -1.52. The Bertz CT molecular complexity index is 1250. The predicted molar refractivity (Wildman–Crippen MR) is 166 cm³/mol. The molecule has 6 rings (SSSR count). The Balaban J connectivity index is 1.35. The SMILES string of the molecule is C[C@H]1[C@H](C)CC[C@]2(C(=O)O)CC[C@]3(C(=O)O)C(=CC[C@H]4[C@@]5(C)CC[C@H](O[C@@H]6O[C@@H](C)[C@H](O)[C@@H](O)[C@H]6O)C(C)(C)[C@@H]5CC[C@]43C)[C@H]12. The molecule has 1 heterocycles. The first-order valence-corrected chi connectivity index (χ1v) is 17.4. The van der Waals surface area contributed by atoms with Crippen LogP contribution in [0.5, 0.6) is 0 Å². The Morgan fingerprint density at radius 1 is 0.822 bits per heavy atom. The van der Waals surface area contributed by atoms with Gasteiger partial charge in [-0.1, -0.05) is 53.2 Å². The summed E-state index contributed by atoms with van der Waals surface area (Å²) in [6, 6.07) is 0. The minimum atomic E-state index is -1.36. The lowest BCUT2D eigenvalue weighted by Gasteiger charge is -2.70. The third kappa shape index (κ3) is 4.28. The van der Waals surface area contributed by atoms with Crippen LogP contribution in [-0.4, -0.2) is 74.3 Å². The molecule has 0 amide bonds. The summed E-state index contributed by atoms with van der Waals surface area (Å²) >= 11 is 0. The maximum Gasteiger partial charge on any atom is 0.314 e. The van der Waals surface area contributed by atoms with Gasteiger partial charge >= 0.3 is 11.9 Å². The standard InChI is InChI=1S/C36H56O9/c1-18-10-15-35(30(40)41)16-17-36(31(42)43)21(25(35)19(18)2)8-9-23-33(6)13-12-24(32(4,5)22(33)11-14-34(23,36)7)45-29-28(39)27(38)26(37)20(3)44-29/h8,18-20,22-29,37-39H,9-17H2,1-7H3,(H,40,41)(H,42,43)/t18-,19+,20+,22+,23+,24+,25+,26+,27-,28-,29+,33+,34-,35+,36-/m1/s1. The first-order valence-electron chi connectivity index (χ1n) is 17.4. The van der Waals surface area contributed by atoms with Crippen LogP contribution in [0, 0.1) is 56.7 Å². The molecule has 1 saturated heterocycles. The van der Waals surface area contributed by atoms with Crippen LogP contribution in [0.1, 0.15) is 106 Å². The topological polar surface area (TPSA) is 154 Å². The van der Waals surface area contributed by atoms with Crippen LogP contribution in [0.15, 0.2) is 11.6 Å². The summed E-state index contributed by atoms with van der Waals surface area (Å²) in [7, 11) is 0. The maximum atomic E-state index is 13.8. The number of carbonyl (C=O) groups is 2. The number of hydrogen-bond acceptors (Lipinski definition) is 7. The van der Waals surface area contributed by atoms with Crippen molar-refractivity contribution in [3.63, 3.8) is 0 Å². The summed E-state index contributed by atoms with van der Waals surface area (Å²) in [5.41, 5.74) is -2.13. The second kappa shape index (κ2) is 10.7. The average molecular weight is 633 g/mol. The van der Waals surface area contributed by atoms with Gasteiger partial charge in [0.25, 0.3) is 0 Å². The van der Waals surface area contributed by atoms with Crippen molar-refractivity contribution in [2.75, 3.05) is 0 Å². The number of fused-ring (bicyclic) bond motifs is 7. The van der Waals surface area contributed by atoms with E-state index in [2.05, 4.69) is 47.6 Å². The fraction of sp³-hybridized carbons (Fsp3) is 0.889. The van der Waals surface area contributed by atoms with Gasteiger partial charge in [0.1, 0.15) is 18.3 Å². The number of ether oxygens (including phenoxy) is 2. The van der Waals surface area contributed by atoms with E-state index in [1.807, 2.05) is 0 Å². The van der Waals surface area contributed by atoms with Gasteiger partial charge in [-0.15, -0.1) is 0 Å². The molecule has 9 nitrogen and oxygen atoms in total. The summed E-state index contributed by atoms with van der Waals surface area (Å²) in [6.45, 7) is 15.0. The van der Waals surface area contributed by atoms with E-state index in [-0.39, 0.29) is 40.6 Å². The smallest absolute Gasteiger partial charge is 0.314 e. The molecule has 5 aliphatic carbocycles. The van der Waals surface area contributed by atoms with Gasteiger partial charge in [0, 0.05) is 0 Å². The fourth-order valence-corrected chi connectivity index (χ4v) is 12.5. The molecule has 254 valence electrons. The van der Waals surface area contributed by atoms with E-state index >= 15 is 0 Å². The highest BCUT2D eigenvalue weighted by Crippen LogP contribution is 2.76. The largest absolute Gasteiger partial charge is 0.481 e. The van der Waals surface area contributed by atoms with Gasteiger partial charge in [-0.2, -0.15) is 0 Å². The minimum absolute atomic E-state index is 0.0958. The molecule has 0 aromatic rings. The molecule has 45 heavy (non-hydrogen) atoms. The molecule has 0 unspecified atom stereocenters. The van der Waals surface area contributed by atoms with Crippen LogP contribution in [0.4, 0.5) is 0 Å². The predicted octanol–water partition coefficient (Wildman–Crippen LogP) is 5.01. The number of carboxylic acids is 2. The molecule has 4 saturated carbocycles. The lowest BCUT2D eigenvalue weighted by Crippen LogP contribution is -2.68. The highest BCUT2D eigenvalue weighted by molar-refractivity contribution is 5.84. The molecule has 9 heteroatoms. The van der Waals surface area contributed by atoms with Crippen molar-refractivity contribution in [1.82, 2.24) is 0 Å². The molecular formula is C36H56O9. The second-order valence-corrected chi connectivity index (χ2v) is 17.2. The Labute approximate surface area is 267 Å². The maximum absolute atomic E-state index is 13.8. The Kier molecular flexibility index (Phi) is 7.97. The molecular weight excluding hydrogens is 576 g/mol. The third-order valence-electron chi connectivity index (χ3n) is 15.3. The monoisotopic (exact) mass is 632 g/mol. The van der Waals surface area contributed by atoms with Crippen LogP contribution in [0.3, 0.4) is 0 Å². The number of aliphatic hydroxyl groups is 3. The number of hydrogen-bond donors (Lipinski definition) is 5. The van der Waals surface area contributed by atoms with Gasteiger partial charge in [0.05, 0.1) is 23.0 Å². The van der Waals surface area contributed by atoms with Crippen molar-refractivity contribution in [3.05, 3.63) is 11.6 Å². The van der Waals surface area contributed by atoms with Crippen LogP contribution >= 0.6 is 0 Å². The van der Waals surface area contributed by atoms with Crippen molar-refractivity contribution in [2.24, 2.45) is 56.7 Å². The van der Waals surface area contributed by atoms with E-state index in [0.29, 0.717) is 31.6 Å². The van der Waals surface area contributed by atoms with Crippen molar-refractivity contribution in [3.8, 4) is 0 Å². The number of carboxylic acid groups (broad SMARTS) is 2. The lowest BCUT2D eigenvalue weighted by atomic mass is 9.33. The normalized spacial score (nSPS) is 54.0. The molecule has 0 bridgehead atoms. The van der Waals surface area contributed by atoms with Crippen molar-refractivity contribution in [1.29, 1.82) is 0 Å². The number of aliphatic carboxylic acids is 2. The van der Waals surface area contributed by atoms with Crippen molar-refractivity contribution in [2.45, 2.75) is 143 Å². The summed E-state index contributed by atoms with van der Waals surface area (Å²) < 4.78 is 12.3. The molecule has 5 N–H and O–H groups in total. The quantitative estimate of drug-likeness (QED) is 0.213. The zero-order valence-electron chi connectivity index (χ0n) is 28.2. The van der Waals surface area contributed by atoms with Crippen molar-refractivity contribution < 1.29 is 44.6 Å². The number of rotatable bonds is 4. The molecule has 0 aromatic carbocycles. The van der Waals surface area contributed by atoms with Gasteiger partial charge in [0.15, 0.2) is 6.29 Å². The second-order valence-electron chi connectivity index (χ2n) is 17.2. The Morgan fingerprint density at radius 3 is 2.16 bits per heavy atom. The van der Waals surface area contributed by atoms with Crippen LogP contribution in [0.25, 0.3) is 0 Å². The first kappa shape index (κ1) is 33.4. The number of allylic oxidation sites excluding steroid dienone is 1. The van der Waals surface area contributed by atoms with E-state index in [4.69, 9.17) is 9.47 Å². The van der Waals surface area contributed by atoms with Gasteiger partial charge in [0.2, 0.25) is 0 Å². The molecule has 0 aromatic heterocycles. The van der Waals surface area contributed by atoms with E-state index < -0.39 is 58.9 Å². The lowest BCUT2D eigenvalue weighted by molar-refractivity contribution is -0.324. The minimum Gasteiger partial charge on any atom is -0.481 e. The van der Waals surface area contributed by atoms with Crippen LogP contribution in [-0.2, 0) is 19.1 Å². The van der Waals surface area contributed by atoms with E-state index in [0.717, 1.165) is 37.7 Å². The molecule has 5 fully saturated rings. The zero-order valence-corrected chi connectivity index (χ0v) is 28.2. The van der Waals surface area contributed by atoms with Crippen LogP contribution < -0.4 is 0 Å². The molecule has 0 spiro atoms. The molecule has 0 radical (unpaired) electrons. The van der Waals surface area contributed by atoms with Gasteiger partial charge in [-0.05, 0) is 111 Å². The summed E-state index contributed by atoms with van der Waals surface area (Å²) in [4.78, 5) is 26.8. The molecule has 15 atom stereocenters. The fourth-order valence-electron chi connectivity index (χ4n) is 12.5. The van der Waals surface area contributed by atoms with Gasteiger partial charge in [-0.3, -0.25) is 9.59 Å². The molecule has 1 aliphatic heterocycles. The van der Waals surface area contributed by atoms with Gasteiger partial charge in [-0.25, -0.2) is 0 Å². The third-order valence-corrected chi connectivity index (χ3v) is 15.3. The average Bonchev–Trinajstić information content (AvgIpc) is 2.97. The zero-order chi connectivity index (χ0) is 33.1. The summed E-state index contributed by atoms with van der Waals surface area (Å²) in [5, 5.41) is 53.2. The number of aliphatic hydroxyl groups excluding tert-OH is 3. The summed E-state index contributed by atoms with van der Waals surface area (Å²) in [5.74, 6) is -1.08. The van der Waals surface area contributed by atoms with E-state index in [9.17, 15) is 35.1 Å². The highest BCUT2D eigenvalue weighted by atomic mass is 16.7. The van der Waals surface area contributed by atoms with Crippen LogP contribution in [0.2, 0.25) is 0 Å². The summed E-state index contributed by atoms with van der Waals surface area (Å²) in [6.07, 6.45) is 2.36. The van der Waals surface area contributed by atoms with Crippen molar-refractivity contribution >= 4 is 11.9 Å². The first-order chi connectivity index (χ1) is 20.9. The molecule has 6 aliphatic rings. The van der Waals surface area contributed by atoms with E-state index in [1.165, 1.54) is 0 Å². The Morgan fingerprint density at radius 2 is 1.51 bits per heavy atom. The highest BCUT2D eigenvalue weighted by Gasteiger charge is 2.73. The van der Waals surface area contributed by atoms with Gasteiger partial charge < -0.3 is 35.0 Å².